The first kappa shape index (κ1) is 53.8. The molecule has 0 aliphatic carbocycles. The van der Waals surface area contributed by atoms with E-state index in [0.29, 0.717) is 132 Å². The second-order valence-electron chi connectivity index (χ2n) is 16.7. The Labute approximate surface area is 401 Å². The molecule has 0 bridgehead atoms. The summed E-state index contributed by atoms with van der Waals surface area (Å²) in [5, 5.41) is 2.47. The predicted molar refractivity (Wildman–Crippen MR) is 266 cm³/mol. The van der Waals surface area contributed by atoms with Gasteiger partial charge in [-0.15, -0.1) is 0 Å². The Morgan fingerprint density at radius 2 is 0.507 bits per heavy atom. The minimum Gasteiger partial charge on any atom is -0.405 e. The van der Waals surface area contributed by atoms with Crippen LogP contribution in [0, 0.1) is 0 Å². The topological polar surface area (TPSA) is 102 Å². The number of hydrogen-bond acceptors (Lipinski definition) is 11. The number of ether oxygens (including phenoxy) is 10. The van der Waals surface area contributed by atoms with Gasteiger partial charge < -0.3 is 51.8 Å². The monoisotopic (exact) mass is 939 g/mol. The Kier molecular flexibility index (Phi) is 25.6. The highest BCUT2D eigenvalue weighted by Crippen LogP contribution is 2.40. The van der Waals surface area contributed by atoms with Crippen LogP contribution in [0.15, 0.2) is 152 Å². The van der Waals surface area contributed by atoms with Gasteiger partial charge in [0.1, 0.15) is 5.60 Å². The quantitative estimate of drug-likeness (QED) is 0.0222. The molecule has 0 aliphatic heterocycles. The van der Waals surface area contributed by atoms with Gasteiger partial charge in [-0.05, 0) is 32.1 Å². The van der Waals surface area contributed by atoms with Crippen LogP contribution in [-0.4, -0.2) is 140 Å². The predicted octanol–water partition coefficient (Wildman–Crippen LogP) is 7.72. The maximum atomic E-state index is 6.87. The minimum absolute atomic E-state index is 0.0622. The fourth-order valence-corrected chi connectivity index (χ4v) is 12.4. The molecule has 0 atom stereocenters. The van der Waals surface area contributed by atoms with E-state index in [1.165, 1.54) is 10.4 Å². The van der Waals surface area contributed by atoms with Gasteiger partial charge in [0, 0.05) is 0 Å². The number of benzene rings is 5. The van der Waals surface area contributed by atoms with Crippen molar-refractivity contribution in [2.24, 2.45) is 0 Å². The van der Waals surface area contributed by atoms with Gasteiger partial charge >= 0.3 is 0 Å². The average Bonchev–Trinajstić information content (AvgIpc) is 3.36. The highest BCUT2D eigenvalue weighted by atomic mass is 28.4. The molecule has 5 aromatic carbocycles. The molecule has 0 saturated heterocycles. The Bertz CT molecular complexity index is 1800. The lowest BCUT2D eigenvalue weighted by molar-refractivity contribution is -0.0399. The molecule has 0 aliphatic rings. The van der Waals surface area contributed by atoms with Gasteiger partial charge in [-0.1, -0.05) is 172 Å². The normalized spacial score (nSPS) is 12.2. The fourth-order valence-electron chi connectivity index (χ4n) is 7.90. The molecule has 67 heavy (non-hydrogen) atoms. The van der Waals surface area contributed by atoms with Crippen molar-refractivity contribution < 1.29 is 51.8 Å². The molecule has 12 heteroatoms. The van der Waals surface area contributed by atoms with E-state index in [9.17, 15) is 0 Å². The van der Waals surface area contributed by atoms with E-state index in [1.807, 2.05) is 54.6 Å². The molecule has 5 rings (SSSR count). The maximum Gasteiger partial charge on any atom is 0.261 e. The van der Waals surface area contributed by atoms with Crippen LogP contribution < -0.4 is 10.4 Å². The van der Waals surface area contributed by atoms with Crippen LogP contribution in [0.25, 0.3) is 0 Å². The summed E-state index contributed by atoms with van der Waals surface area (Å²) >= 11 is 0. The highest BCUT2D eigenvalue weighted by molar-refractivity contribution is 6.99. The largest absolute Gasteiger partial charge is 0.405 e. The van der Waals surface area contributed by atoms with Crippen molar-refractivity contribution in [2.75, 3.05) is 132 Å². The Morgan fingerprint density at radius 1 is 0.284 bits per heavy atom. The van der Waals surface area contributed by atoms with Crippen LogP contribution in [0.4, 0.5) is 0 Å². The lowest BCUT2D eigenvalue weighted by atomic mass is 9.80. The molecule has 0 spiro atoms. The molecule has 0 fully saturated rings. The van der Waals surface area contributed by atoms with Crippen LogP contribution in [0.1, 0.15) is 37.5 Å². The van der Waals surface area contributed by atoms with Crippen molar-refractivity contribution in [1.82, 2.24) is 0 Å². The molecule has 0 heterocycles. The molecular formula is C55H74O11Si. The van der Waals surface area contributed by atoms with Crippen LogP contribution in [0.2, 0.25) is 5.04 Å². The van der Waals surface area contributed by atoms with Crippen LogP contribution >= 0.6 is 0 Å². The zero-order valence-corrected chi connectivity index (χ0v) is 41.1. The van der Waals surface area contributed by atoms with E-state index in [4.69, 9.17) is 51.8 Å². The van der Waals surface area contributed by atoms with Gasteiger partial charge in [-0.25, -0.2) is 0 Å². The fraction of sp³-hybridized carbons (Fsp3) is 0.455. The lowest BCUT2D eigenvalue weighted by Gasteiger charge is -2.43. The molecule has 364 valence electrons. The number of hydrogen-bond donors (Lipinski definition) is 0. The van der Waals surface area contributed by atoms with E-state index in [0.717, 1.165) is 16.7 Å². The second-order valence-corrected chi connectivity index (χ2v) is 21.0. The minimum atomic E-state index is -2.55. The molecule has 11 nitrogen and oxygen atoms in total. The number of rotatable bonds is 37. The van der Waals surface area contributed by atoms with Crippen LogP contribution in [0.5, 0.6) is 0 Å². The van der Waals surface area contributed by atoms with Crippen molar-refractivity contribution in [3.63, 3.8) is 0 Å². The van der Waals surface area contributed by atoms with E-state index in [-0.39, 0.29) is 5.04 Å². The summed E-state index contributed by atoms with van der Waals surface area (Å²) in [6.07, 6.45) is 0. The van der Waals surface area contributed by atoms with Crippen LogP contribution in [0.3, 0.4) is 0 Å². The van der Waals surface area contributed by atoms with Gasteiger partial charge in [-0.3, -0.25) is 0 Å². The molecule has 0 aromatic heterocycles. The van der Waals surface area contributed by atoms with E-state index >= 15 is 0 Å². The standard InChI is InChI=1S/C55H74O11Si/c1-54(2,3)67(52-25-15-7-16-26-52,53-27-17-8-18-28-53)66-48-46-64-44-42-62-40-38-60-36-34-58-32-30-56-29-31-57-33-35-59-37-39-61-41-43-63-45-47-65-55(49-19-9-4-10-20-49,50-21-11-5-12-22-50)51-23-13-6-14-24-51/h4-28H,29-48H2,1-3H3. The first-order valence-corrected chi connectivity index (χ1v) is 25.6. The van der Waals surface area contributed by atoms with Gasteiger partial charge in [-0.2, -0.15) is 0 Å². The lowest BCUT2D eigenvalue weighted by Crippen LogP contribution is -2.66. The third-order valence-corrected chi connectivity index (χ3v) is 16.1. The average molecular weight is 939 g/mol. The molecule has 0 amide bonds. The van der Waals surface area contributed by atoms with E-state index in [1.54, 1.807) is 0 Å². The van der Waals surface area contributed by atoms with Crippen molar-refractivity contribution in [3.8, 4) is 0 Å². The Morgan fingerprint density at radius 3 is 0.761 bits per heavy atom. The summed E-state index contributed by atoms with van der Waals surface area (Å²) in [4.78, 5) is 0. The Balaban J connectivity index is 0.767. The van der Waals surface area contributed by atoms with Crippen molar-refractivity contribution >= 4 is 18.7 Å². The van der Waals surface area contributed by atoms with Crippen molar-refractivity contribution in [2.45, 2.75) is 31.4 Å². The first-order chi connectivity index (χ1) is 33.0. The highest BCUT2D eigenvalue weighted by Gasteiger charge is 2.50. The maximum absolute atomic E-state index is 6.87. The van der Waals surface area contributed by atoms with Gasteiger partial charge in [0.25, 0.3) is 8.32 Å². The molecule has 0 radical (unpaired) electrons. The zero-order valence-electron chi connectivity index (χ0n) is 40.1. The van der Waals surface area contributed by atoms with E-state index in [2.05, 4.69) is 118 Å². The third-order valence-electron chi connectivity index (χ3n) is 11.0. The molecule has 0 unspecified atom stereocenters. The third kappa shape index (κ3) is 18.0. The summed E-state index contributed by atoms with van der Waals surface area (Å²) in [7, 11) is -2.55. The smallest absolute Gasteiger partial charge is 0.261 e. The Hall–Kier alpha value is -4.12. The van der Waals surface area contributed by atoms with Crippen molar-refractivity contribution in [1.29, 1.82) is 0 Å². The second kappa shape index (κ2) is 31.8. The summed E-state index contributed by atoms with van der Waals surface area (Å²) in [5.41, 5.74) is 2.44. The molecule has 0 N–H and O–H groups in total. The molecule has 5 aromatic rings. The zero-order chi connectivity index (χ0) is 47.0. The first-order valence-electron chi connectivity index (χ1n) is 23.7. The van der Waals surface area contributed by atoms with Gasteiger partial charge in [0.05, 0.1) is 132 Å². The van der Waals surface area contributed by atoms with Crippen molar-refractivity contribution in [3.05, 3.63) is 168 Å². The van der Waals surface area contributed by atoms with E-state index < -0.39 is 13.9 Å². The van der Waals surface area contributed by atoms with Gasteiger partial charge in [0.15, 0.2) is 0 Å². The summed E-state index contributed by atoms with van der Waals surface area (Å²) in [5.74, 6) is 0. The van der Waals surface area contributed by atoms with Crippen LogP contribution in [-0.2, 0) is 57.4 Å². The summed E-state index contributed by atoms with van der Waals surface area (Å²) < 4.78 is 64.7. The van der Waals surface area contributed by atoms with Gasteiger partial charge in [0.2, 0.25) is 0 Å². The summed E-state index contributed by atoms with van der Waals surface area (Å²) in [6, 6.07) is 52.3. The SMILES string of the molecule is CC(C)(C)[Si](OCCOCCOCCOCCOCCOCCOCCOCCOCCOCCOC(c1ccccc1)(c1ccccc1)c1ccccc1)(c1ccccc1)c1ccccc1. The molecular weight excluding hydrogens is 865 g/mol. The summed E-state index contributed by atoms with van der Waals surface area (Å²) in [6.45, 7) is 16.6. The molecule has 0 saturated carbocycles.